The van der Waals surface area contributed by atoms with E-state index in [2.05, 4.69) is 0 Å². The predicted octanol–water partition coefficient (Wildman–Crippen LogP) is -2.99. The van der Waals surface area contributed by atoms with E-state index in [1.807, 2.05) is 0 Å². The van der Waals surface area contributed by atoms with Crippen molar-refractivity contribution in [1.82, 2.24) is 0 Å². The quantitative estimate of drug-likeness (QED) is 0.312. The Morgan fingerprint density at radius 2 is 1.69 bits per heavy atom. The van der Waals surface area contributed by atoms with Crippen LogP contribution in [0.5, 0.6) is 0 Å². The van der Waals surface area contributed by atoms with Crippen LogP contribution in [0.2, 0.25) is 0 Å². The van der Waals surface area contributed by atoms with Gasteiger partial charge in [-0.2, -0.15) is 0 Å². The highest BCUT2D eigenvalue weighted by Crippen LogP contribution is 2.01. The second kappa shape index (κ2) is 7.19. The van der Waals surface area contributed by atoms with Crippen LogP contribution in [0.3, 0.4) is 0 Å². The van der Waals surface area contributed by atoms with Gasteiger partial charge in [-0.3, -0.25) is 0 Å². The molecule has 0 spiro atoms. The van der Waals surface area contributed by atoms with Gasteiger partial charge in [0.25, 0.3) is 0 Å². The van der Waals surface area contributed by atoms with Crippen LogP contribution < -0.4 is 5.73 Å². The average Bonchev–Trinajstić information content (AvgIpc) is 2.12. The lowest BCUT2D eigenvalue weighted by molar-refractivity contribution is -0.118. The van der Waals surface area contributed by atoms with E-state index in [0.29, 0.717) is 0 Å². The van der Waals surface area contributed by atoms with Crippen LogP contribution >= 0.6 is 12.4 Å². The van der Waals surface area contributed by atoms with E-state index in [1.54, 1.807) is 0 Å². The zero-order valence-corrected chi connectivity index (χ0v) is 7.59. The monoisotopic (exact) mass is 215 g/mol. The molecule has 80 valence electrons. The van der Waals surface area contributed by atoms with Crippen molar-refractivity contribution in [3.63, 3.8) is 0 Å². The van der Waals surface area contributed by atoms with Crippen molar-refractivity contribution in [3.8, 4) is 0 Å². The number of aldehydes is 1. The maximum Gasteiger partial charge on any atom is 0.139 e. The number of carbonyl (C=O) groups excluding carboxylic acids is 1. The first kappa shape index (κ1) is 15.2. The van der Waals surface area contributed by atoms with Crippen molar-refractivity contribution in [3.05, 3.63) is 0 Å². The SMILES string of the molecule is Cl.NC(C=O)[C@H](O)C(O)[C@@H](O)CO. The molecule has 0 rings (SSSR count). The summed E-state index contributed by atoms with van der Waals surface area (Å²) in [5.74, 6) is 0. The number of hydrogen-bond donors (Lipinski definition) is 5. The third-order valence-electron chi connectivity index (χ3n) is 1.48. The van der Waals surface area contributed by atoms with E-state index in [4.69, 9.17) is 26.2 Å². The third-order valence-corrected chi connectivity index (χ3v) is 1.48. The molecule has 0 aliphatic heterocycles. The van der Waals surface area contributed by atoms with Gasteiger partial charge in [-0.15, -0.1) is 12.4 Å². The first-order valence-electron chi connectivity index (χ1n) is 3.40. The fraction of sp³-hybridized carbons (Fsp3) is 0.833. The highest BCUT2D eigenvalue weighted by molar-refractivity contribution is 5.85. The van der Waals surface area contributed by atoms with Crippen molar-refractivity contribution in [2.24, 2.45) is 5.73 Å². The second-order valence-corrected chi connectivity index (χ2v) is 2.44. The van der Waals surface area contributed by atoms with E-state index in [0.717, 1.165) is 0 Å². The van der Waals surface area contributed by atoms with Crippen molar-refractivity contribution in [2.75, 3.05) is 6.61 Å². The van der Waals surface area contributed by atoms with Gasteiger partial charge in [-0.05, 0) is 0 Å². The summed E-state index contributed by atoms with van der Waals surface area (Å²) < 4.78 is 0. The van der Waals surface area contributed by atoms with E-state index >= 15 is 0 Å². The van der Waals surface area contributed by atoms with Crippen molar-refractivity contribution in [2.45, 2.75) is 24.4 Å². The Labute approximate surface area is 81.4 Å². The van der Waals surface area contributed by atoms with Crippen molar-refractivity contribution in [1.29, 1.82) is 0 Å². The van der Waals surface area contributed by atoms with Crippen LogP contribution in [0.1, 0.15) is 0 Å². The summed E-state index contributed by atoms with van der Waals surface area (Å²) in [7, 11) is 0. The van der Waals surface area contributed by atoms with Crippen LogP contribution in [-0.2, 0) is 4.79 Å². The smallest absolute Gasteiger partial charge is 0.139 e. The summed E-state index contributed by atoms with van der Waals surface area (Å²) >= 11 is 0. The van der Waals surface area contributed by atoms with Gasteiger partial charge in [0.1, 0.15) is 24.6 Å². The van der Waals surface area contributed by atoms with Gasteiger partial charge in [0.05, 0.1) is 12.6 Å². The molecule has 0 aliphatic carbocycles. The van der Waals surface area contributed by atoms with Gasteiger partial charge >= 0.3 is 0 Å². The number of aliphatic hydroxyl groups excluding tert-OH is 4. The van der Waals surface area contributed by atoms with Gasteiger partial charge in [-0.1, -0.05) is 0 Å². The van der Waals surface area contributed by atoms with Gasteiger partial charge in [0.2, 0.25) is 0 Å². The fourth-order valence-electron chi connectivity index (χ4n) is 0.644. The first-order chi connectivity index (χ1) is 5.54. The van der Waals surface area contributed by atoms with Crippen LogP contribution in [0.15, 0.2) is 0 Å². The zero-order chi connectivity index (χ0) is 9.72. The van der Waals surface area contributed by atoms with Crippen molar-refractivity contribution < 1.29 is 25.2 Å². The molecule has 0 saturated heterocycles. The number of hydrogen-bond acceptors (Lipinski definition) is 6. The average molecular weight is 216 g/mol. The Morgan fingerprint density at radius 3 is 2.00 bits per heavy atom. The summed E-state index contributed by atoms with van der Waals surface area (Å²) in [6.07, 6.45) is -4.43. The Balaban J connectivity index is 0. The lowest BCUT2D eigenvalue weighted by Crippen LogP contribution is -2.49. The Kier molecular flexibility index (Phi) is 8.43. The summed E-state index contributed by atoms with van der Waals surface area (Å²) in [5, 5.41) is 35.2. The molecule has 4 atom stereocenters. The number of carbonyl (C=O) groups is 1. The minimum absolute atomic E-state index is 0. The Bertz CT molecular complexity index is 147. The minimum atomic E-state index is -1.62. The molecule has 0 radical (unpaired) electrons. The van der Waals surface area contributed by atoms with Crippen LogP contribution in [0, 0.1) is 0 Å². The van der Waals surface area contributed by atoms with Crippen LogP contribution in [0.25, 0.3) is 0 Å². The molecule has 0 aromatic heterocycles. The van der Waals surface area contributed by atoms with Crippen LogP contribution in [0.4, 0.5) is 0 Å². The van der Waals surface area contributed by atoms with E-state index in [1.165, 1.54) is 0 Å². The third kappa shape index (κ3) is 4.51. The van der Waals surface area contributed by atoms with Gasteiger partial charge in [-0.25, -0.2) is 0 Å². The number of halogens is 1. The summed E-state index contributed by atoms with van der Waals surface area (Å²) in [5.41, 5.74) is 5.04. The van der Waals surface area contributed by atoms with Gasteiger partial charge in [0, 0.05) is 0 Å². The maximum absolute atomic E-state index is 10.0. The normalized spacial score (nSPS) is 19.5. The summed E-state index contributed by atoms with van der Waals surface area (Å²) in [6.45, 7) is -0.705. The molecule has 13 heavy (non-hydrogen) atoms. The molecule has 0 bridgehead atoms. The predicted molar refractivity (Wildman–Crippen MR) is 46.4 cm³/mol. The highest BCUT2D eigenvalue weighted by Gasteiger charge is 2.28. The molecule has 0 aromatic rings. The van der Waals surface area contributed by atoms with Gasteiger partial charge < -0.3 is 31.0 Å². The topological polar surface area (TPSA) is 124 Å². The fourth-order valence-corrected chi connectivity index (χ4v) is 0.644. The second-order valence-electron chi connectivity index (χ2n) is 2.44. The minimum Gasteiger partial charge on any atom is -0.394 e. The molecule has 0 amide bonds. The lowest BCUT2D eigenvalue weighted by atomic mass is 10.0. The number of nitrogens with two attached hydrogens (primary N) is 1. The summed E-state index contributed by atoms with van der Waals surface area (Å²) in [6, 6.07) is -1.26. The highest BCUT2D eigenvalue weighted by atomic mass is 35.5. The molecule has 0 aromatic carbocycles. The van der Waals surface area contributed by atoms with E-state index < -0.39 is 31.0 Å². The molecular formula is C6H14ClNO5. The molecule has 0 heterocycles. The molecule has 2 unspecified atom stereocenters. The molecule has 0 saturated carbocycles. The van der Waals surface area contributed by atoms with Gasteiger partial charge in [0.15, 0.2) is 0 Å². The largest absolute Gasteiger partial charge is 0.394 e. The molecule has 0 fully saturated rings. The first-order valence-corrected chi connectivity index (χ1v) is 3.40. The van der Waals surface area contributed by atoms with E-state index in [-0.39, 0.29) is 18.7 Å². The zero-order valence-electron chi connectivity index (χ0n) is 6.78. The number of rotatable bonds is 5. The Morgan fingerprint density at radius 1 is 1.23 bits per heavy atom. The van der Waals surface area contributed by atoms with E-state index in [9.17, 15) is 4.79 Å². The van der Waals surface area contributed by atoms with Crippen LogP contribution in [-0.4, -0.2) is 57.7 Å². The molecule has 7 heteroatoms. The summed E-state index contributed by atoms with van der Waals surface area (Å²) in [4.78, 5) is 10.0. The lowest BCUT2D eigenvalue weighted by Gasteiger charge is -2.23. The number of aliphatic hydroxyl groups is 4. The Hall–Kier alpha value is -0.240. The molecular weight excluding hydrogens is 202 g/mol. The molecule has 6 nitrogen and oxygen atoms in total. The maximum atomic E-state index is 10.0. The van der Waals surface area contributed by atoms with Crippen molar-refractivity contribution >= 4 is 18.7 Å². The molecule has 0 aliphatic rings. The standard InChI is InChI=1S/C6H13NO5.ClH/c7-3(1-8)5(11)6(12)4(10)2-9;/h1,3-6,9-12H,2,7H2;1H/t3?,4-,5-,6?;/m0./s1. The molecule has 6 N–H and O–H groups in total.